The number of benzene rings is 3. The van der Waals surface area contributed by atoms with Gasteiger partial charge in [-0.15, -0.1) is 0 Å². The van der Waals surface area contributed by atoms with Gasteiger partial charge >= 0.3 is 0 Å². The number of carbonyl (C=O) groups is 2. The molecule has 0 spiro atoms. The number of nitrogens with zero attached hydrogens (tertiary/aromatic N) is 1. The summed E-state index contributed by atoms with van der Waals surface area (Å²) in [5.74, 6) is -0.665. The molecule has 172 valence electrons. The largest absolute Gasteiger partial charge is 0.346 e. The lowest BCUT2D eigenvalue weighted by Gasteiger charge is -2.17. The molecule has 8 nitrogen and oxygen atoms in total. The third kappa shape index (κ3) is 5.83. The number of amides is 2. The van der Waals surface area contributed by atoms with Crippen LogP contribution in [0, 0.1) is 0 Å². The van der Waals surface area contributed by atoms with E-state index in [0.29, 0.717) is 11.3 Å². The predicted molar refractivity (Wildman–Crippen MR) is 125 cm³/mol. The molecule has 3 aromatic rings. The van der Waals surface area contributed by atoms with Crippen molar-refractivity contribution < 1.29 is 22.8 Å². The van der Waals surface area contributed by atoms with Gasteiger partial charge in [0.15, 0.2) is 0 Å². The number of rotatable bonds is 8. The average Bonchev–Trinajstić information content (AvgIpc) is 2.84. The van der Waals surface area contributed by atoms with Gasteiger partial charge in [0.1, 0.15) is 0 Å². The molecule has 0 radical (unpaired) electrons. The molecule has 1 atom stereocenters. The molecular formula is C24H25N3O5S. The first-order valence-corrected chi connectivity index (χ1v) is 11.6. The van der Waals surface area contributed by atoms with Gasteiger partial charge in [0, 0.05) is 23.9 Å². The Labute approximate surface area is 193 Å². The summed E-state index contributed by atoms with van der Waals surface area (Å²) in [5, 5.41) is 5.70. The van der Waals surface area contributed by atoms with E-state index in [1.165, 1.54) is 38.4 Å². The molecule has 0 aliphatic rings. The van der Waals surface area contributed by atoms with E-state index >= 15 is 0 Å². The topological polar surface area (TPSA) is 105 Å². The van der Waals surface area contributed by atoms with Crippen molar-refractivity contribution >= 4 is 27.5 Å². The normalized spacial score (nSPS) is 12.2. The van der Waals surface area contributed by atoms with Crippen molar-refractivity contribution in [3.8, 4) is 0 Å². The van der Waals surface area contributed by atoms with Gasteiger partial charge in [-0.3, -0.25) is 14.4 Å². The molecule has 9 heteroatoms. The lowest BCUT2D eigenvalue weighted by Crippen LogP contribution is -2.28. The molecule has 2 N–H and O–H groups in total. The van der Waals surface area contributed by atoms with Crippen molar-refractivity contribution in [1.29, 1.82) is 0 Å². The molecule has 0 aromatic heterocycles. The highest BCUT2D eigenvalue weighted by Gasteiger charge is 2.22. The van der Waals surface area contributed by atoms with Gasteiger partial charge in [-0.2, -0.15) is 0 Å². The predicted octanol–water partition coefficient (Wildman–Crippen LogP) is 3.61. The summed E-state index contributed by atoms with van der Waals surface area (Å²) >= 11 is 0. The highest BCUT2D eigenvalue weighted by atomic mass is 32.2. The van der Waals surface area contributed by atoms with Crippen LogP contribution in [0.25, 0.3) is 0 Å². The molecule has 0 aliphatic heterocycles. The number of sulfonamides is 1. The molecule has 0 saturated heterocycles. The zero-order valence-electron chi connectivity index (χ0n) is 18.5. The van der Waals surface area contributed by atoms with Crippen LogP contribution in [0.2, 0.25) is 0 Å². The van der Waals surface area contributed by atoms with E-state index < -0.39 is 22.0 Å². The quantitative estimate of drug-likeness (QED) is 0.493. The highest BCUT2D eigenvalue weighted by molar-refractivity contribution is 7.89. The van der Waals surface area contributed by atoms with E-state index in [-0.39, 0.29) is 16.4 Å². The molecule has 0 heterocycles. The van der Waals surface area contributed by atoms with Crippen LogP contribution in [0.3, 0.4) is 0 Å². The smallest absolute Gasteiger partial charge is 0.264 e. The van der Waals surface area contributed by atoms with Crippen molar-refractivity contribution in [2.24, 2.45) is 0 Å². The fourth-order valence-electron chi connectivity index (χ4n) is 3.09. The summed E-state index contributed by atoms with van der Waals surface area (Å²) in [7, 11) is -1.36. The second kappa shape index (κ2) is 10.4. The molecule has 33 heavy (non-hydrogen) atoms. The Bertz CT molecular complexity index is 1250. The molecule has 3 rings (SSSR count). The van der Waals surface area contributed by atoms with Crippen molar-refractivity contribution in [2.45, 2.75) is 17.9 Å². The number of nitrogens with one attached hydrogen (secondary N) is 2. The zero-order valence-corrected chi connectivity index (χ0v) is 19.3. The van der Waals surface area contributed by atoms with E-state index in [4.69, 9.17) is 4.84 Å². The van der Waals surface area contributed by atoms with Crippen LogP contribution in [0.5, 0.6) is 0 Å². The maximum absolute atomic E-state index is 12.8. The average molecular weight is 468 g/mol. The van der Waals surface area contributed by atoms with Crippen LogP contribution in [0.15, 0.2) is 83.8 Å². The summed E-state index contributed by atoms with van der Waals surface area (Å²) in [6, 6.07) is 21.3. The lowest BCUT2D eigenvalue weighted by molar-refractivity contribution is -0.0258. The summed E-state index contributed by atoms with van der Waals surface area (Å²) in [6.07, 6.45) is 0. The SMILES string of the molecule is CON(C)S(=O)(=O)c1cccc(C(=O)NC(C)c2cccc(NC(=O)c3ccccc3)c2)c1. The Morgan fingerprint density at radius 1 is 0.879 bits per heavy atom. The molecular weight excluding hydrogens is 442 g/mol. The Hall–Kier alpha value is -3.53. The second-order valence-corrected chi connectivity index (χ2v) is 9.20. The molecule has 0 saturated carbocycles. The molecule has 3 aromatic carbocycles. The number of hydroxylamine groups is 1. The Kier molecular flexibility index (Phi) is 7.59. The minimum absolute atomic E-state index is 0.0576. The minimum Gasteiger partial charge on any atom is -0.346 e. The van der Waals surface area contributed by atoms with E-state index in [1.807, 2.05) is 12.1 Å². The summed E-state index contributed by atoms with van der Waals surface area (Å²) in [6.45, 7) is 1.80. The minimum atomic E-state index is -3.87. The van der Waals surface area contributed by atoms with Gasteiger partial charge < -0.3 is 10.6 Å². The fourth-order valence-corrected chi connectivity index (χ4v) is 4.11. The Morgan fingerprint density at radius 3 is 2.24 bits per heavy atom. The standard InChI is InChI=1S/C24H25N3O5S/c1-17(19-11-7-13-21(15-19)26-23(28)18-9-5-4-6-10-18)25-24(29)20-12-8-14-22(16-20)33(30,31)27(2)32-3/h4-17H,1-3H3,(H,25,29)(H,26,28). The van der Waals surface area contributed by atoms with Gasteiger partial charge in [-0.05, 0) is 55.0 Å². The lowest BCUT2D eigenvalue weighted by atomic mass is 10.1. The van der Waals surface area contributed by atoms with E-state index in [1.54, 1.807) is 49.4 Å². The van der Waals surface area contributed by atoms with Crippen molar-refractivity contribution in [3.05, 3.63) is 95.6 Å². The monoisotopic (exact) mass is 467 g/mol. The van der Waals surface area contributed by atoms with Crippen LogP contribution in [0.4, 0.5) is 5.69 Å². The van der Waals surface area contributed by atoms with Gasteiger partial charge in [0.25, 0.3) is 21.8 Å². The summed E-state index contributed by atoms with van der Waals surface area (Å²) < 4.78 is 25.6. The highest BCUT2D eigenvalue weighted by Crippen LogP contribution is 2.20. The number of hydrogen-bond donors (Lipinski definition) is 2. The van der Waals surface area contributed by atoms with E-state index in [0.717, 1.165) is 10.0 Å². The van der Waals surface area contributed by atoms with Crippen LogP contribution < -0.4 is 10.6 Å². The van der Waals surface area contributed by atoms with Gasteiger partial charge in [0.2, 0.25) is 0 Å². The van der Waals surface area contributed by atoms with Crippen LogP contribution in [-0.4, -0.2) is 38.9 Å². The van der Waals surface area contributed by atoms with E-state index in [9.17, 15) is 18.0 Å². The summed E-state index contributed by atoms with van der Waals surface area (Å²) in [4.78, 5) is 29.9. The number of carbonyl (C=O) groups excluding carboxylic acids is 2. The second-order valence-electron chi connectivity index (χ2n) is 7.27. The first-order valence-electron chi connectivity index (χ1n) is 10.1. The molecule has 0 aliphatic carbocycles. The molecule has 0 bridgehead atoms. The Morgan fingerprint density at radius 2 is 1.55 bits per heavy atom. The van der Waals surface area contributed by atoms with E-state index in [2.05, 4.69) is 10.6 Å². The third-order valence-corrected chi connectivity index (χ3v) is 6.69. The molecule has 1 unspecified atom stereocenters. The summed E-state index contributed by atoms with van der Waals surface area (Å²) in [5.41, 5.74) is 2.11. The molecule has 2 amide bonds. The maximum Gasteiger partial charge on any atom is 0.264 e. The first-order chi connectivity index (χ1) is 15.7. The van der Waals surface area contributed by atoms with Gasteiger partial charge in [-0.25, -0.2) is 8.42 Å². The zero-order chi connectivity index (χ0) is 24.0. The van der Waals surface area contributed by atoms with Crippen LogP contribution >= 0.6 is 0 Å². The van der Waals surface area contributed by atoms with Crippen molar-refractivity contribution in [2.75, 3.05) is 19.5 Å². The maximum atomic E-state index is 12.8. The van der Waals surface area contributed by atoms with Gasteiger partial charge in [-0.1, -0.05) is 40.9 Å². The Balaban J connectivity index is 1.72. The first kappa shape index (κ1) is 24.1. The third-order valence-electron chi connectivity index (χ3n) is 5.02. The van der Waals surface area contributed by atoms with Crippen LogP contribution in [0.1, 0.15) is 39.2 Å². The fraction of sp³-hybridized carbons (Fsp3) is 0.167. The van der Waals surface area contributed by atoms with Crippen molar-refractivity contribution in [1.82, 2.24) is 9.79 Å². The number of anilines is 1. The van der Waals surface area contributed by atoms with Gasteiger partial charge in [0.05, 0.1) is 18.0 Å². The van der Waals surface area contributed by atoms with Crippen LogP contribution in [-0.2, 0) is 14.9 Å². The molecule has 0 fully saturated rings. The number of hydrogen-bond acceptors (Lipinski definition) is 5. The van der Waals surface area contributed by atoms with Crippen molar-refractivity contribution in [3.63, 3.8) is 0 Å².